The average molecular weight is 591 g/mol. The first kappa shape index (κ1) is 27.2. The van der Waals surface area contributed by atoms with Crippen LogP contribution >= 0.6 is 23.2 Å². The molecule has 0 aliphatic carbocycles. The number of benzene rings is 1. The van der Waals surface area contributed by atoms with Crippen LogP contribution in [0.3, 0.4) is 0 Å². The van der Waals surface area contributed by atoms with Crippen LogP contribution in [0.15, 0.2) is 58.3 Å². The maximum absolute atomic E-state index is 13.0. The van der Waals surface area contributed by atoms with Crippen LogP contribution < -0.4 is 0 Å². The number of aryl methyl sites for hydroxylation is 1. The van der Waals surface area contributed by atoms with Crippen LogP contribution in [-0.4, -0.2) is 58.9 Å². The number of nitrogens with zero attached hydrogens (tertiary/aromatic N) is 4. The number of aromatic nitrogens is 2. The van der Waals surface area contributed by atoms with Crippen LogP contribution in [0.4, 0.5) is 0 Å². The number of ether oxygens (including phenoxy) is 1. The van der Waals surface area contributed by atoms with Gasteiger partial charge in [0.15, 0.2) is 16.4 Å². The normalized spacial score (nSPS) is 20.5. The fourth-order valence-corrected chi connectivity index (χ4v) is 6.78. The molecule has 0 bridgehead atoms. The summed E-state index contributed by atoms with van der Waals surface area (Å²) >= 11 is 12.4. The molecule has 2 aliphatic heterocycles. The zero-order valence-electron chi connectivity index (χ0n) is 20.8. The Morgan fingerprint density at radius 3 is 2.64 bits per heavy atom. The highest BCUT2D eigenvalue weighted by atomic mass is 35.5. The minimum atomic E-state index is -3.12. The van der Waals surface area contributed by atoms with Crippen LogP contribution in [-0.2, 0) is 24.2 Å². The van der Waals surface area contributed by atoms with Crippen molar-refractivity contribution >= 4 is 56.7 Å². The van der Waals surface area contributed by atoms with E-state index in [2.05, 4.69) is 10.2 Å². The molecule has 5 rings (SSSR count). The molecule has 0 unspecified atom stereocenters. The Bertz CT molecular complexity index is 1560. The van der Waals surface area contributed by atoms with Crippen LogP contribution in [0.25, 0.3) is 6.08 Å². The predicted octanol–water partition coefficient (Wildman–Crippen LogP) is 4.39. The van der Waals surface area contributed by atoms with Crippen LogP contribution in [0.1, 0.15) is 47.5 Å². The van der Waals surface area contributed by atoms with Crippen molar-refractivity contribution < 1.29 is 27.2 Å². The second-order valence-electron chi connectivity index (χ2n) is 9.26. The second-order valence-corrected chi connectivity index (χ2v) is 12.3. The molecular weight excluding hydrogens is 567 g/mol. The Kier molecular flexibility index (Phi) is 7.66. The minimum Gasteiger partial charge on any atom is -0.467 e. The van der Waals surface area contributed by atoms with Gasteiger partial charge in [-0.3, -0.25) is 4.79 Å². The van der Waals surface area contributed by atoms with Crippen molar-refractivity contribution in [3.63, 3.8) is 0 Å². The Balaban J connectivity index is 1.25. The SMILES string of the molecule is Cc1nn([C@@H]2CCS(=O)(=O)C2)c(Cl)c1/C=C/C(=O)OCC(=O)N1N=C(c2ccc(Cl)cc2)C[C@@H]1c1ccco1. The third kappa shape index (κ3) is 5.95. The number of hydrogen-bond donors (Lipinski definition) is 0. The van der Waals surface area contributed by atoms with E-state index >= 15 is 0 Å². The van der Waals surface area contributed by atoms with Gasteiger partial charge in [0.2, 0.25) is 0 Å². The van der Waals surface area contributed by atoms with Gasteiger partial charge >= 0.3 is 5.97 Å². The van der Waals surface area contributed by atoms with Crippen molar-refractivity contribution in [3.05, 3.63) is 81.5 Å². The number of halogens is 2. The van der Waals surface area contributed by atoms with Crippen molar-refractivity contribution in [3.8, 4) is 0 Å². The summed E-state index contributed by atoms with van der Waals surface area (Å²) in [6.07, 6.45) is 4.95. The lowest BCUT2D eigenvalue weighted by Crippen LogP contribution is -2.31. The minimum absolute atomic E-state index is 0.0289. The average Bonchev–Trinajstić information content (AvgIpc) is 3.69. The van der Waals surface area contributed by atoms with Crippen molar-refractivity contribution in [2.75, 3.05) is 18.1 Å². The topological polar surface area (TPSA) is 124 Å². The lowest BCUT2D eigenvalue weighted by Gasteiger charge is -2.19. The van der Waals surface area contributed by atoms with Gasteiger partial charge in [0, 0.05) is 23.1 Å². The highest BCUT2D eigenvalue weighted by Gasteiger charge is 2.35. The first-order chi connectivity index (χ1) is 18.6. The van der Waals surface area contributed by atoms with Crippen molar-refractivity contribution in [2.24, 2.45) is 5.10 Å². The van der Waals surface area contributed by atoms with E-state index in [-0.39, 0.29) is 22.7 Å². The fraction of sp³-hybridized carbons (Fsp3) is 0.308. The van der Waals surface area contributed by atoms with E-state index in [1.165, 1.54) is 22.0 Å². The lowest BCUT2D eigenvalue weighted by atomic mass is 10.0. The maximum Gasteiger partial charge on any atom is 0.331 e. The number of amides is 1. The fourth-order valence-electron chi connectivity index (χ4n) is 4.59. The summed E-state index contributed by atoms with van der Waals surface area (Å²) in [4.78, 5) is 25.5. The molecule has 2 aliphatic rings. The summed E-state index contributed by atoms with van der Waals surface area (Å²) in [5, 5.41) is 10.9. The quantitative estimate of drug-likeness (QED) is 0.295. The zero-order valence-corrected chi connectivity index (χ0v) is 23.1. The van der Waals surface area contributed by atoms with Gasteiger partial charge in [-0.05, 0) is 49.2 Å². The third-order valence-electron chi connectivity index (χ3n) is 6.56. The number of carbonyl (C=O) groups is 2. The van der Waals surface area contributed by atoms with Crippen molar-refractivity contribution in [1.29, 1.82) is 0 Å². The Morgan fingerprint density at radius 1 is 1.21 bits per heavy atom. The summed E-state index contributed by atoms with van der Waals surface area (Å²) in [7, 11) is -3.12. The third-order valence-corrected chi connectivity index (χ3v) is 8.94. The summed E-state index contributed by atoms with van der Waals surface area (Å²) in [5.41, 5.74) is 2.49. The molecule has 2 atom stereocenters. The number of sulfone groups is 1. The van der Waals surface area contributed by atoms with E-state index in [4.69, 9.17) is 32.4 Å². The van der Waals surface area contributed by atoms with E-state index in [0.717, 1.165) is 11.6 Å². The molecule has 13 heteroatoms. The molecule has 10 nitrogen and oxygen atoms in total. The van der Waals surface area contributed by atoms with Crippen molar-refractivity contribution in [2.45, 2.75) is 31.8 Å². The standard InChI is InChI=1S/C26H24Cl2N4O6S/c1-16-20(26(28)31(29-16)19-10-12-39(35,36)15-19)8-9-25(34)38-14-24(33)32-22(23-3-2-11-37-23)13-21(30-32)17-4-6-18(27)7-5-17/h2-9,11,19,22H,10,12-15H2,1H3/b9-8+/t19-,22-/m1/s1. The number of hydrazone groups is 1. The molecule has 4 heterocycles. The molecule has 0 spiro atoms. The van der Waals surface area contributed by atoms with Gasteiger partial charge in [-0.15, -0.1) is 0 Å². The summed E-state index contributed by atoms with van der Waals surface area (Å²) in [6.45, 7) is 1.17. The van der Waals surface area contributed by atoms with Gasteiger partial charge in [0.25, 0.3) is 5.91 Å². The van der Waals surface area contributed by atoms with Gasteiger partial charge in [0.05, 0.1) is 35.2 Å². The van der Waals surface area contributed by atoms with Crippen LogP contribution in [0.2, 0.25) is 10.2 Å². The molecule has 39 heavy (non-hydrogen) atoms. The molecule has 1 fully saturated rings. The van der Waals surface area contributed by atoms with Gasteiger partial charge in [-0.1, -0.05) is 35.3 Å². The summed E-state index contributed by atoms with van der Waals surface area (Å²) in [5.74, 6) is -0.669. The zero-order chi connectivity index (χ0) is 27.7. The van der Waals surface area contributed by atoms with E-state index in [1.54, 1.807) is 31.2 Å². The summed E-state index contributed by atoms with van der Waals surface area (Å²) in [6, 6.07) is 9.77. The highest BCUT2D eigenvalue weighted by Crippen LogP contribution is 2.34. The van der Waals surface area contributed by atoms with E-state index < -0.39 is 34.4 Å². The molecule has 204 valence electrons. The molecule has 0 radical (unpaired) electrons. The molecule has 2 aromatic heterocycles. The molecule has 1 saturated heterocycles. The lowest BCUT2D eigenvalue weighted by molar-refractivity contribution is -0.149. The summed E-state index contributed by atoms with van der Waals surface area (Å²) < 4.78 is 35.9. The first-order valence-corrected chi connectivity index (χ1v) is 14.7. The van der Waals surface area contributed by atoms with Crippen molar-refractivity contribution in [1.82, 2.24) is 14.8 Å². The molecule has 0 N–H and O–H groups in total. The number of hydrogen-bond acceptors (Lipinski definition) is 8. The molecule has 1 amide bonds. The predicted molar refractivity (Wildman–Crippen MR) is 145 cm³/mol. The molecule has 1 aromatic carbocycles. The molecule has 0 saturated carbocycles. The molecule has 3 aromatic rings. The highest BCUT2D eigenvalue weighted by molar-refractivity contribution is 7.91. The van der Waals surface area contributed by atoms with E-state index in [1.807, 2.05) is 12.1 Å². The molecular formula is C26H24Cl2N4O6S. The van der Waals surface area contributed by atoms with Crippen LogP contribution in [0.5, 0.6) is 0 Å². The number of carbonyl (C=O) groups excluding carboxylic acids is 2. The second kappa shape index (κ2) is 11.0. The van der Waals surface area contributed by atoms with Gasteiger partial charge < -0.3 is 9.15 Å². The number of rotatable bonds is 7. The smallest absolute Gasteiger partial charge is 0.331 e. The Labute approximate surface area is 234 Å². The van der Waals surface area contributed by atoms with Crippen LogP contribution in [0, 0.1) is 6.92 Å². The monoisotopic (exact) mass is 590 g/mol. The van der Waals surface area contributed by atoms with Gasteiger partial charge in [-0.25, -0.2) is 22.9 Å². The maximum atomic E-state index is 13.0. The van der Waals surface area contributed by atoms with Gasteiger partial charge in [0.1, 0.15) is 17.0 Å². The van der Waals surface area contributed by atoms with Gasteiger partial charge in [-0.2, -0.15) is 10.2 Å². The Morgan fingerprint density at radius 2 is 1.97 bits per heavy atom. The number of furan rings is 1. The van der Waals surface area contributed by atoms with E-state index in [9.17, 15) is 18.0 Å². The number of esters is 1. The van der Waals surface area contributed by atoms with E-state index in [0.29, 0.717) is 40.6 Å². The Hall–Kier alpha value is -3.41. The first-order valence-electron chi connectivity index (χ1n) is 12.1. The largest absolute Gasteiger partial charge is 0.467 e.